The first-order valence-corrected chi connectivity index (χ1v) is 5.22. The van der Waals surface area contributed by atoms with E-state index in [1.54, 1.807) is 6.92 Å². The quantitative estimate of drug-likeness (QED) is 0.779. The lowest BCUT2D eigenvalue weighted by molar-refractivity contribution is -0.136. The number of hydrogen-bond donors (Lipinski definition) is 1. The fourth-order valence-electron chi connectivity index (χ4n) is 1.10. The number of nitrogens with zero attached hydrogens (tertiary/aromatic N) is 1. The minimum atomic E-state index is -0.809. The van der Waals surface area contributed by atoms with Crippen molar-refractivity contribution in [3.8, 4) is 0 Å². The molecule has 1 aromatic heterocycles. The summed E-state index contributed by atoms with van der Waals surface area (Å²) in [6.07, 6.45) is 0. The van der Waals surface area contributed by atoms with Gasteiger partial charge in [0.15, 0.2) is 0 Å². The predicted octanol–water partition coefficient (Wildman–Crippen LogP) is 2.26. The Balaban J connectivity index is 2.81. The molecule has 1 N–H and O–H groups in total. The molecule has 0 aliphatic rings. The minimum absolute atomic E-state index is 0.455. The van der Waals surface area contributed by atoms with Crippen LogP contribution in [0.5, 0.6) is 0 Å². The van der Waals surface area contributed by atoms with Crippen molar-refractivity contribution in [2.24, 2.45) is 0 Å². The molecule has 0 fully saturated rings. The summed E-state index contributed by atoms with van der Waals surface area (Å²) in [6, 6.07) is 3.87. The van der Waals surface area contributed by atoms with Gasteiger partial charge in [-0.05, 0) is 38.5 Å². The number of rotatable bonds is 3. The highest BCUT2D eigenvalue weighted by atomic mass is 32.2. The van der Waals surface area contributed by atoms with E-state index in [0.29, 0.717) is 0 Å². The lowest BCUT2D eigenvalue weighted by Crippen LogP contribution is -2.11. The van der Waals surface area contributed by atoms with Gasteiger partial charge in [0.05, 0.1) is 5.03 Å². The second-order valence-electron chi connectivity index (χ2n) is 3.22. The highest BCUT2D eigenvalue weighted by Gasteiger charge is 2.13. The normalized spacial score (nSPS) is 12.5. The lowest BCUT2D eigenvalue weighted by Gasteiger charge is -2.06. The monoisotopic (exact) mass is 211 g/mol. The van der Waals surface area contributed by atoms with Gasteiger partial charge in [-0.2, -0.15) is 0 Å². The van der Waals surface area contributed by atoms with Crippen LogP contribution in [-0.2, 0) is 4.79 Å². The van der Waals surface area contributed by atoms with Crippen LogP contribution in [0.2, 0.25) is 0 Å². The summed E-state index contributed by atoms with van der Waals surface area (Å²) in [5, 5.41) is 9.05. The summed E-state index contributed by atoms with van der Waals surface area (Å²) in [7, 11) is 0. The van der Waals surface area contributed by atoms with Crippen LogP contribution in [0.4, 0.5) is 0 Å². The van der Waals surface area contributed by atoms with Gasteiger partial charge in [0.25, 0.3) is 0 Å². The van der Waals surface area contributed by atoms with Crippen molar-refractivity contribution in [2.45, 2.75) is 31.0 Å². The van der Waals surface area contributed by atoms with Crippen LogP contribution < -0.4 is 0 Å². The fraction of sp³-hybridized carbons (Fsp3) is 0.400. The summed E-state index contributed by atoms with van der Waals surface area (Å²) >= 11 is 1.27. The Morgan fingerprint density at radius 3 is 2.64 bits per heavy atom. The van der Waals surface area contributed by atoms with Crippen LogP contribution in [0.1, 0.15) is 18.2 Å². The second-order valence-corrected chi connectivity index (χ2v) is 4.58. The molecule has 1 heterocycles. The molecular formula is C10H13NO2S. The van der Waals surface area contributed by atoms with Gasteiger partial charge in [0, 0.05) is 5.69 Å². The Hall–Kier alpha value is -1.03. The molecule has 0 saturated heterocycles. The molecule has 1 aromatic rings. The molecule has 0 bridgehead atoms. The highest BCUT2D eigenvalue weighted by molar-refractivity contribution is 8.00. The number of carbonyl (C=O) groups is 1. The third kappa shape index (κ3) is 3.03. The molecular weight excluding hydrogens is 198 g/mol. The van der Waals surface area contributed by atoms with Crippen LogP contribution in [0.15, 0.2) is 17.2 Å². The number of aliphatic carboxylic acids is 1. The van der Waals surface area contributed by atoms with E-state index in [1.165, 1.54) is 11.8 Å². The largest absolute Gasteiger partial charge is 0.480 e. The summed E-state index contributed by atoms with van der Waals surface area (Å²) in [4.78, 5) is 14.9. The van der Waals surface area contributed by atoms with Gasteiger partial charge in [0.2, 0.25) is 0 Å². The van der Waals surface area contributed by atoms with Gasteiger partial charge in [-0.1, -0.05) is 11.8 Å². The van der Waals surface area contributed by atoms with Gasteiger partial charge in [-0.3, -0.25) is 4.79 Å². The van der Waals surface area contributed by atoms with Crippen molar-refractivity contribution in [1.29, 1.82) is 0 Å². The molecule has 1 atom stereocenters. The van der Waals surface area contributed by atoms with Gasteiger partial charge in [-0.25, -0.2) is 4.98 Å². The molecule has 0 spiro atoms. The van der Waals surface area contributed by atoms with Crippen molar-refractivity contribution < 1.29 is 9.90 Å². The SMILES string of the molecule is Cc1cc(C)nc(SC(C)C(=O)O)c1. The van der Waals surface area contributed by atoms with E-state index in [9.17, 15) is 4.79 Å². The third-order valence-electron chi connectivity index (χ3n) is 1.72. The van der Waals surface area contributed by atoms with Crippen molar-refractivity contribution in [1.82, 2.24) is 4.98 Å². The number of hydrogen-bond acceptors (Lipinski definition) is 3. The van der Waals surface area contributed by atoms with E-state index in [1.807, 2.05) is 26.0 Å². The van der Waals surface area contributed by atoms with E-state index in [0.717, 1.165) is 16.3 Å². The zero-order valence-corrected chi connectivity index (χ0v) is 9.26. The minimum Gasteiger partial charge on any atom is -0.480 e. The average Bonchev–Trinajstić information content (AvgIpc) is 2.01. The Morgan fingerprint density at radius 1 is 1.50 bits per heavy atom. The number of carboxylic acid groups (broad SMARTS) is 1. The number of carboxylic acids is 1. The van der Waals surface area contributed by atoms with E-state index < -0.39 is 11.2 Å². The van der Waals surface area contributed by atoms with Crippen molar-refractivity contribution in [3.63, 3.8) is 0 Å². The molecule has 0 aromatic carbocycles. The highest BCUT2D eigenvalue weighted by Crippen LogP contribution is 2.22. The molecule has 4 heteroatoms. The standard InChI is InChI=1S/C10H13NO2S/c1-6-4-7(2)11-9(5-6)14-8(3)10(12)13/h4-5,8H,1-3H3,(H,12,13). The van der Waals surface area contributed by atoms with Gasteiger partial charge >= 0.3 is 5.97 Å². The van der Waals surface area contributed by atoms with E-state index in [2.05, 4.69) is 4.98 Å². The van der Waals surface area contributed by atoms with Crippen molar-refractivity contribution in [2.75, 3.05) is 0 Å². The van der Waals surface area contributed by atoms with Crippen LogP contribution in [0.25, 0.3) is 0 Å². The summed E-state index contributed by atoms with van der Waals surface area (Å²) in [5.41, 5.74) is 2.03. The van der Waals surface area contributed by atoms with E-state index in [-0.39, 0.29) is 0 Å². The topological polar surface area (TPSA) is 50.2 Å². The molecule has 14 heavy (non-hydrogen) atoms. The van der Waals surface area contributed by atoms with E-state index >= 15 is 0 Å². The molecule has 0 aliphatic heterocycles. The molecule has 76 valence electrons. The maximum atomic E-state index is 10.6. The fourth-order valence-corrected chi connectivity index (χ4v) is 2.01. The number of aryl methyl sites for hydroxylation is 2. The molecule has 3 nitrogen and oxygen atoms in total. The maximum Gasteiger partial charge on any atom is 0.316 e. The van der Waals surface area contributed by atoms with E-state index in [4.69, 9.17) is 5.11 Å². The Bertz CT molecular complexity index is 332. The molecule has 1 rings (SSSR count). The smallest absolute Gasteiger partial charge is 0.316 e. The van der Waals surface area contributed by atoms with Crippen molar-refractivity contribution in [3.05, 3.63) is 23.4 Å². The third-order valence-corrected chi connectivity index (χ3v) is 2.73. The maximum absolute atomic E-state index is 10.6. The van der Waals surface area contributed by atoms with Gasteiger partial charge in [-0.15, -0.1) is 0 Å². The van der Waals surface area contributed by atoms with Gasteiger partial charge < -0.3 is 5.11 Å². The predicted molar refractivity (Wildman–Crippen MR) is 56.7 cm³/mol. The average molecular weight is 211 g/mol. The summed E-state index contributed by atoms with van der Waals surface area (Å²) in [6.45, 7) is 5.54. The lowest BCUT2D eigenvalue weighted by atomic mass is 10.3. The van der Waals surface area contributed by atoms with Crippen LogP contribution in [0, 0.1) is 13.8 Å². The molecule has 0 saturated carbocycles. The van der Waals surface area contributed by atoms with Crippen molar-refractivity contribution >= 4 is 17.7 Å². The Kier molecular flexibility index (Phi) is 3.52. The van der Waals surface area contributed by atoms with Crippen LogP contribution >= 0.6 is 11.8 Å². The molecule has 1 unspecified atom stereocenters. The first-order chi connectivity index (χ1) is 6.49. The number of thioether (sulfide) groups is 1. The number of aromatic nitrogens is 1. The number of pyridine rings is 1. The zero-order valence-electron chi connectivity index (χ0n) is 8.44. The second kappa shape index (κ2) is 4.46. The first-order valence-electron chi connectivity index (χ1n) is 4.34. The van der Waals surface area contributed by atoms with Crippen LogP contribution in [0.3, 0.4) is 0 Å². The first kappa shape index (κ1) is 11.0. The molecule has 0 radical (unpaired) electrons. The summed E-state index contributed by atoms with van der Waals surface area (Å²) < 4.78 is 0. The Morgan fingerprint density at radius 2 is 2.14 bits per heavy atom. The Labute approximate surface area is 87.6 Å². The molecule has 0 aliphatic carbocycles. The zero-order chi connectivity index (χ0) is 10.7. The van der Waals surface area contributed by atoms with Gasteiger partial charge in [0.1, 0.15) is 5.25 Å². The van der Waals surface area contributed by atoms with Crippen LogP contribution in [-0.4, -0.2) is 21.3 Å². The summed E-state index contributed by atoms with van der Waals surface area (Å²) in [5.74, 6) is -0.809. The molecule has 0 amide bonds.